The molecule has 0 aliphatic heterocycles. The van der Waals surface area contributed by atoms with Gasteiger partial charge in [0.2, 0.25) is 0 Å². The van der Waals surface area contributed by atoms with Crippen LogP contribution in [0.25, 0.3) is 0 Å². The highest BCUT2D eigenvalue weighted by molar-refractivity contribution is 5.87. The van der Waals surface area contributed by atoms with Gasteiger partial charge in [0.15, 0.2) is 0 Å². The van der Waals surface area contributed by atoms with Crippen LogP contribution >= 0.6 is 0 Å². The van der Waals surface area contributed by atoms with Crippen molar-refractivity contribution < 1.29 is 20.1 Å². The molecule has 0 spiro atoms. The molecule has 0 aromatic carbocycles. The van der Waals surface area contributed by atoms with Crippen LogP contribution in [0.15, 0.2) is 11.6 Å². The molecule has 0 aromatic heterocycles. The molecule has 0 heterocycles. The summed E-state index contributed by atoms with van der Waals surface area (Å²) in [6.45, 7) is -0.636. The van der Waals surface area contributed by atoms with E-state index in [0.29, 0.717) is 0 Å². The number of rotatable bonds is 5. The average Bonchev–Trinajstić information content (AvgIpc) is 2.45. The van der Waals surface area contributed by atoms with Crippen LogP contribution in [0.1, 0.15) is 57.8 Å². The number of hydrogen-bond acceptors (Lipinski definition) is 3. The van der Waals surface area contributed by atoms with E-state index >= 15 is 0 Å². The van der Waals surface area contributed by atoms with Gasteiger partial charge in [-0.25, -0.2) is 4.79 Å². The molecule has 4 nitrogen and oxygen atoms in total. The summed E-state index contributed by atoms with van der Waals surface area (Å²) in [6.07, 6.45) is 12.4. The molecule has 20 heavy (non-hydrogen) atoms. The first-order valence-electron chi connectivity index (χ1n) is 7.85. The van der Waals surface area contributed by atoms with Crippen LogP contribution in [0.4, 0.5) is 0 Å². The molecule has 0 radical (unpaired) electrons. The zero-order valence-electron chi connectivity index (χ0n) is 12.3. The molecule has 4 heteroatoms. The Bertz CT molecular complexity index is 298. The Morgan fingerprint density at radius 3 is 1.80 bits per heavy atom. The molecule has 1 aliphatic carbocycles. The fraction of sp³-hybridized carbons (Fsp3) is 0.812. The van der Waals surface area contributed by atoms with Crippen molar-refractivity contribution in [2.45, 2.75) is 57.8 Å². The summed E-state index contributed by atoms with van der Waals surface area (Å²) < 4.78 is 0. The first kappa shape index (κ1) is 17.2. The zero-order valence-corrected chi connectivity index (χ0v) is 12.3. The third-order valence-electron chi connectivity index (χ3n) is 4.19. The second-order valence-corrected chi connectivity index (χ2v) is 5.80. The molecular formula is C16H28O4. The average molecular weight is 284 g/mol. The molecule has 0 unspecified atom stereocenters. The van der Waals surface area contributed by atoms with Crippen molar-refractivity contribution in [1.29, 1.82) is 0 Å². The minimum Gasteiger partial charge on any atom is -0.478 e. The van der Waals surface area contributed by atoms with E-state index in [9.17, 15) is 20.1 Å². The maximum absolute atomic E-state index is 11.3. The van der Waals surface area contributed by atoms with E-state index in [1.165, 1.54) is 32.1 Å². The Kier molecular flexibility index (Phi) is 8.54. The number of aliphatic hydroxyl groups excluding tert-OH is 2. The van der Waals surface area contributed by atoms with E-state index in [0.717, 1.165) is 25.7 Å². The fourth-order valence-electron chi connectivity index (χ4n) is 2.90. The molecule has 3 N–H and O–H groups in total. The molecule has 0 aromatic rings. The van der Waals surface area contributed by atoms with E-state index in [1.54, 1.807) is 6.08 Å². The van der Waals surface area contributed by atoms with Gasteiger partial charge in [-0.1, -0.05) is 51.0 Å². The molecule has 0 atom stereocenters. The SMILES string of the molecule is O=C(O)C(=CC1CCCCCCCCC1)C(CO)CO. The monoisotopic (exact) mass is 284 g/mol. The van der Waals surface area contributed by atoms with Gasteiger partial charge in [0.1, 0.15) is 0 Å². The summed E-state index contributed by atoms with van der Waals surface area (Å²) >= 11 is 0. The highest BCUT2D eigenvalue weighted by atomic mass is 16.4. The van der Waals surface area contributed by atoms with Crippen LogP contribution in [0.2, 0.25) is 0 Å². The minimum atomic E-state index is -1.02. The predicted molar refractivity (Wildman–Crippen MR) is 78.4 cm³/mol. The lowest BCUT2D eigenvalue weighted by Gasteiger charge is -2.18. The molecule has 1 saturated carbocycles. The number of hydrogen-bond donors (Lipinski definition) is 3. The lowest BCUT2D eigenvalue weighted by atomic mass is 9.88. The van der Waals surface area contributed by atoms with Gasteiger partial charge in [-0.3, -0.25) is 0 Å². The number of aliphatic carboxylic acids is 1. The van der Waals surface area contributed by atoms with E-state index in [4.69, 9.17) is 0 Å². The van der Waals surface area contributed by atoms with Crippen molar-refractivity contribution in [3.05, 3.63) is 11.6 Å². The second-order valence-electron chi connectivity index (χ2n) is 5.80. The molecule has 1 rings (SSSR count). The van der Waals surface area contributed by atoms with Gasteiger partial charge in [0.25, 0.3) is 0 Å². The Balaban J connectivity index is 2.74. The molecule has 0 saturated heterocycles. The van der Waals surface area contributed by atoms with Crippen LogP contribution in [0, 0.1) is 11.8 Å². The smallest absolute Gasteiger partial charge is 0.331 e. The minimum absolute atomic E-state index is 0.178. The highest BCUT2D eigenvalue weighted by Gasteiger charge is 2.21. The van der Waals surface area contributed by atoms with Gasteiger partial charge in [0.05, 0.1) is 13.2 Å². The Morgan fingerprint density at radius 1 is 0.950 bits per heavy atom. The van der Waals surface area contributed by atoms with Gasteiger partial charge >= 0.3 is 5.97 Å². The number of carboxylic acids is 1. The highest BCUT2D eigenvalue weighted by Crippen LogP contribution is 2.25. The lowest BCUT2D eigenvalue weighted by molar-refractivity contribution is -0.133. The predicted octanol–water partition coefficient (Wildman–Crippen LogP) is 2.74. The summed E-state index contributed by atoms with van der Waals surface area (Å²) in [6, 6.07) is 0. The van der Waals surface area contributed by atoms with Gasteiger partial charge in [0, 0.05) is 11.5 Å². The topological polar surface area (TPSA) is 77.8 Å². The Morgan fingerprint density at radius 2 is 1.40 bits per heavy atom. The largest absolute Gasteiger partial charge is 0.478 e. The van der Waals surface area contributed by atoms with E-state index in [1.807, 2.05) is 0 Å². The van der Waals surface area contributed by atoms with Gasteiger partial charge < -0.3 is 15.3 Å². The Hall–Kier alpha value is -0.870. The third-order valence-corrected chi connectivity index (χ3v) is 4.19. The quantitative estimate of drug-likeness (QED) is 0.678. The molecule has 1 fully saturated rings. The third kappa shape index (κ3) is 6.06. The zero-order chi connectivity index (χ0) is 14.8. The second kappa shape index (κ2) is 9.94. The number of carboxylic acid groups (broad SMARTS) is 1. The van der Waals surface area contributed by atoms with Crippen LogP contribution < -0.4 is 0 Å². The molecule has 0 amide bonds. The normalized spacial score (nSPS) is 20.1. The lowest BCUT2D eigenvalue weighted by Crippen LogP contribution is -2.21. The molecule has 116 valence electrons. The maximum atomic E-state index is 11.3. The fourth-order valence-corrected chi connectivity index (χ4v) is 2.90. The first-order valence-corrected chi connectivity index (χ1v) is 7.85. The summed E-state index contributed by atoms with van der Waals surface area (Å²) in [5.74, 6) is -1.42. The van der Waals surface area contributed by atoms with Crippen molar-refractivity contribution in [3.8, 4) is 0 Å². The Labute approximate surface area is 121 Å². The standard InChI is InChI=1S/C16H28O4/c17-11-14(12-18)15(16(19)20)10-13-8-6-4-2-1-3-5-7-9-13/h10,13-14,17-18H,1-9,11-12H2,(H,19,20). The summed E-state index contributed by atoms with van der Waals surface area (Å²) in [7, 11) is 0. The summed E-state index contributed by atoms with van der Waals surface area (Å²) in [4.78, 5) is 11.3. The van der Waals surface area contributed by atoms with Crippen molar-refractivity contribution >= 4 is 5.97 Å². The summed E-state index contributed by atoms with van der Waals surface area (Å²) in [5, 5.41) is 27.7. The van der Waals surface area contributed by atoms with E-state index in [2.05, 4.69) is 0 Å². The molecule has 1 aliphatic rings. The first-order chi connectivity index (χ1) is 9.69. The van der Waals surface area contributed by atoms with Crippen LogP contribution in [0.5, 0.6) is 0 Å². The van der Waals surface area contributed by atoms with Gasteiger partial charge in [-0.05, 0) is 18.8 Å². The maximum Gasteiger partial charge on any atom is 0.331 e. The van der Waals surface area contributed by atoms with Crippen molar-refractivity contribution in [2.24, 2.45) is 11.8 Å². The van der Waals surface area contributed by atoms with Crippen LogP contribution in [-0.2, 0) is 4.79 Å². The number of allylic oxidation sites excluding steroid dienone is 1. The number of aliphatic hydroxyl groups is 2. The molecular weight excluding hydrogens is 256 g/mol. The van der Waals surface area contributed by atoms with Crippen molar-refractivity contribution in [2.75, 3.05) is 13.2 Å². The van der Waals surface area contributed by atoms with Crippen LogP contribution in [-0.4, -0.2) is 34.5 Å². The van der Waals surface area contributed by atoms with Gasteiger partial charge in [-0.2, -0.15) is 0 Å². The molecule has 0 bridgehead atoms. The van der Waals surface area contributed by atoms with E-state index < -0.39 is 11.9 Å². The summed E-state index contributed by atoms with van der Waals surface area (Å²) in [5.41, 5.74) is 0.178. The van der Waals surface area contributed by atoms with Gasteiger partial charge in [-0.15, -0.1) is 0 Å². The number of carbonyl (C=O) groups is 1. The van der Waals surface area contributed by atoms with Crippen molar-refractivity contribution in [3.63, 3.8) is 0 Å². The van der Waals surface area contributed by atoms with Crippen molar-refractivity contribution in [1.82, 2.24) is 0 Å². The van der Waals surface area contributed by atoms with E-state index in [-0.39, 0.29) is 24.7 Å². The van der Waals surface area contributed by atoms with Crippen LogP contribution in [0.3, 0.4) is 0 Å².